The Balaban J connectivity index is 1.30. The Hall–Kier alpha value is -2.91. The standard InChI is InChI=1S/C20H21N5O3S/c26-20-22-15-5-1-3-7-17(15)25(20)14-9-11-24(12-10-14)13-19-21-16-6-2-4-8-18(16)29(27,28)23-19/h1-8,14H,9-13H2,(H,21,23)(H,22,26). The van der Waals surface area contributed by atoms with Gasteiger partial charge in [0.25, 0.3) is 10.0 Å². The van der Waals surface area contributed by atoms with Crippen LogP contribution in [-0.4, -0.2) is 48.3 Å². The van der Waals surface area contributed by atoms with Crippen molar-refractivity contribution in [3.8, 4) is 0 Å². The smallest absolute Gasteiger partial charge is 0.326 e. The average molecular weight is 411 g/mol. The molecule has 0 radical (unpaired) electrons. The molecule has 1 fully saturated rings. The van der Waals surface area contributed by atoms with E-state index in [4.69, 9.17) is 0 Å². The molecule has 3 heterocycles. The summed E-state index contributed by atoms with van der Waals surface area (Å²) in [4.78, 5) is 17.7. The highest BCUT2D eigenvalue weighted by atomic mass is 32.2. The van der Waals surface area contributed by atoms with Crippen molar-refractivity contribution >= 4 is 32.6 Å². The highest BCUT2D eigenvalue weighted by Gasteiger charge is 2.28. The molecule has 1 aromatic heterocycles. The number of piperidine rings is 1. The molecule has 2 N–H and O–H groups in total. The number of aromatic nitrogens is 2. The molecule has 0 bridgehead atoms. The highest BCUT2D eigenvalue weighted by Crippen LogP contribution is 2.28. The third-order valence-electron chi connectivity index (χ3n) is 5.59. The van der Waals surface area contributed by atoms with Crippen molar-refractivity contribution in [3.05, 3.63) is 59.0 Å². The molecule has 150 valence electrons. The first-order valence-corrected chi connectivity index (χ1v) is 11.1. The summed E-state index contributed by atoms with van der Waals surface area (Å²) in [6, 6.07) is 14.6. The van der Waals surface area contributed by atoms with Gasteiger partial charge in [0, 0.05) is 19.1 Å². The van der Waals surface area contributed by atoms with E-state index < -0.39 is 10.0 Å². The van der Waals surface area contributed by atoms with E-state index in [-0.39, 0.29) is 16.6 Å². The van der Waals surface area contributed by atoms with Gasteiger partial charge in [0.15, 0.2) is 0 Å². The predicted octanol–water partition coefficient (Wildman–Crippen LogP) is 2.18. The van der Waals surface area contributed by atoms with Gasteiger partial charge in [-0.25, -0.2) is 4.79 Å². The molecule has 2 aliphatic rings. The number of hydrogen-bond acceptors (Lipinski definition) is 5. The number of likely N-dealkylation sites (tertiary alicyclic amines) is 1. The SMILES string of the molecule is O=c1[nH]c2ccccc2n1C1CCN(CC2=NS(=O)(=O)c3ccccc3N2)CC1. The summed E-state index contributed by atoms with van der Waals surface area (Å²) < 4.78 is 30.6. The molecule has 2 aliphatic heterocycles. The number of para-hydroxylation sites is 3. The van der Waals surface area contributed by atoms with E-state index in [9.17, 15) is 13.2 Å². The van der Waals surface area contributed by atoms with Gasteiger partial charge in [0.2, 0.25) is 0 Å². The minimum absolute atomic E-state index is 0.0781. The molecule has 2 aromatic carbocycles. The van der Waals surface area contributed by atoms with E-state index in [1.165, 1.54) is 0 Å². The molecule has 5 rings (SSSR count). The number of fused-ring (bicyclic) bond motifs is 2. The van der Waals surface area contributed by atoms with E-state index >= 15 is 0 Å². The van der Waals surface area contributed by atoms with Crippen molar-refractivity contribution in [2.75, 3.05) is 25.0 Å². The molecule has 0 amide bonds. The predicted molar refractivity (Wildman–Crippen MR) is 112 cm³/mol. The maximum atomic E-state index is 12.4. The van der Waals surface area contributed by atoms with Crippen molar-refractivity contribution in [2.45, 2.75) is 23.8 Å². The lowest BCUT2D eigenvalue weighted by Gasteiger charge is -2.33. The van der Waals surface area contributed by atoms with E-state index in [1.807, 2.05) is 28.8 Å². The summed E-state index contributed by atoms with van der Waals surface area (Å²) in [5, 5.41) is 3.14. The number of hydrogen-bond donors (Lipinski definition) is 2. The van der Waals surface area contributed by atoms with Gasteiger partial charge >= 0.3 is 5.69 Å². The van der Waals surface area contributed by atoms with Crippen molar-refractivity contribution in [1.29, 1.82) is 0 Å². The minimum atomic E-state index is -3.67. The number of nitrogens with zero attached hydrogens (tertiary/aromatic N) is 3. The third kappa shape index (κ3) is 3.26. The van der Waals surface area contributed by atoms with Gasteiger partial charge in [0.05, 0.1) is 23.3 Å². The number of H-pyrrole nitrogens is 1. The van der Waals surface area contributed by atoms with Gasteiger partial charge in [-0.1, -0.05) is 24.3 Å². The van der Waals surface area contributed by atoms with Crippen molar-refractivity contribution < 1.29 is 8.42 Å². The lowest BCUT2D eigenvalue weighted by atomic mass is 10.0. The van der Waals surface area contributed by atoms with E-state index in [1.54, 1.807) is 24.3 Å². The fourth-order valence-electron chi connectivity index (χ4n) is 4.22. The van der Waals surface area contributed by atoms with Crippen LogP contribution in [0.5, 0.6) is 0 Å². The summed E-state index contributed by atoms with van der Waals surface area (Å²) in [6.45, 7) is 1.96. The van der Waals surface area contributed by atoms with Gasteiger partial charge in [-0.2, -0.15) is 8.42 Å². The van der Waals surface area contributed by atoms with Crippen LogP contribution in [-0.2, 0) is 10.0 Å². The zero-order chi connectivity index (χ0) is 20.0. The van der Waals surface area contributed by atoms with Crippen molar-refractivity contribution in [2.24, 2.45) is 4.40 Å². The van der Waals surface area contributed by atoms with Crippen LogP contribution in [0.25, 0.3) is 11.0 Å². The van der Waals surface area contributed by atoms with Crippen LogP contribution in [0.3, 0.4) is 0 Å². The number of amidine groups is 1. The largest absolute Gasteiger partial charge is 0.341 e. The monoisotopic (exact) mass is 411 g/mol. The minimum Gasteiger partial charge on any atom is -0.341 e. The number of anilines is 1. The van der Waals surface area contributed by atoms with E-state index in [0.717, 1.165) is 37.0 Å². The van der Waals surface area contributed by atoms with Gasteiger partial charge in [-0.05, 0) is 37.1 Å². The second-order valence-corrected chi connectivity index (χ2v) is 9.03. The number of nitrogens with one attached hydrogen (secondary N) is 2. The van der Waals surface area contributed by atoms with Gasteiger partial charge < -0.3 is 10.3 Å². The average Bonchev–Trinajstić information content (AvgIpc) is 3.04. The number of imidazole rings is 1. The number of benzene rings is 2. The summed E-state index contributed by atoms with van der Waals surface area (Å²) in [5.41, 5.74) is 2.27. The van der Waals surface area contributed by atoms with Crippen LogP contribution in [0.2, 0.25) is 0 Å². The fourth-order valence-corrected chi connectivity index (χ4v) is 5.36. The van der Waals surface area contributed by atoms with Crippen LogP contribution in [0, 0.1) is 0 Å². The quantitative estimate of drug-likeness (QED) is 0.688. The first-order chi connectivity index (χ1) is 14.0. The van der Waals surface area contributed by atoms with Crippen molar-refractivity contribution in [3.63, 3.8) is 0 Å². The Morgan fingerprint density at radius 1 is 1.03 bits per heavy atom. The zero-order valence-corrected chi connectivity index (χ0v) is 16.5. The highest BCUT2D eigenvalue weighted by molar-refractivity contribution is 7.90. The van der Waals surface area contributed by atoms with Gasteiger partial charge in [-0.15, -0.1) is 4.40 Å². The molecule has 0 aliphatic carbocycles. The molecule has 0 unspecified atom stereocenters. The van der Waals surface area contributed by atoms with Gasteiger partial charge in [0.1, 0.15) is 10.7 Å². The molecule has 9 heteroatoms. The molecular formula is C20H21N5O3S. The summed E-state index contributed by atoms with van der Waals surface area (Å²) >= 11 is 0. The molecule has 0 atom stereocenters. The first kappa shape index (κ1) is 18.1. The van der Waals surface area contributed by atoms with Gasteiger partial charge in [-0.3, -0.25) is 9.47 Å². The van der Waals surface area contributed by atoms with Crippen LogP contribution in [0.4, 0.5) is 5.69 Å². The van der Waals surface area contributed by atoms with Crippen LogP contribution >= 0.6 is 0 Å². The Morgan fingerprint density at radius 2 is 1.76 bits per heavy atom. The fraction of sp³-hybridized carbons (Fsp3) is 0.300. The number of rotatable bonds is 3. The van der Waals surface area contributed by atoms with Crippen LogP contribution in [0.1, 0.15) is 18.9 Å². The molecule has 8 nitrogen and oxygen atoms in total. The first-order valence-electron chi connectivity index (χ1n) is 9.63. The lowest BCUT2D eigenvalue weighted by molar-refractivity contribution is 0.208. The molecular weight excluding hydrogens is 390 g/mol. The summed E-state index contributed by atoms with van der Waals surface area (Å²) in [7, 11) is -3.67. The Kier molecular flexibility index (Phi) is 4.29. The topological polar surface area (TPSA) is 99.6 Å². The second-order valence-electron chi connectivity index (χ2n) is 7.46. The summed E-state index contributed by atoms with van der Waals surface area (Å²) in [5.74, 6) is 0.436. The Bertz CT molecular complexity index is 1270. The number of aromatic amines is 1. The molecule has 0 saturated carbocycles. The number of sulfonamides is 1. The molecule has 29 heavy (non-hydrogen) atoms. The van der Waals surface area contributed by atoms with Crippen molar-refractivity contribution in [1.82, 2.24) is 14.5 Å². The molecule has 1 saturated heterocycles. The maximum Gasteiger partial charge on any atom is 0.326 e. The Morgan fingerprint density at radius 3 is 2.59 bits per heavy atom. The third-order valence-corrected chi connectivity index (χ3v) is 6.97. The van der Waals surface area contributed by atoms with Crippen LogP contribution in [0.15, 0.2) is 62.6 Å². The summed E-state index contributed by atoms with van der Waals surface area (Å²) in [6.07, 6.45) is 1.64. The lowest BCUT2D eigenvalue weighted by Crippen LogP contribution is -2.41. The maximum absolute atomic E-state index is 12.4. The molecule has 3 aromatic rings. The van der Waals surface area contributed by atoms with Crippen LogP contribution < -0.4 is 11.0 Å². The Labute approximate surface area is 167 Å². The second kappa shape index (κ2) is 6.85. The zero-order valence-electron chi connectivity index (χ0n) is 15.7. The molecule has 0 spiro atoms. The van der Waals surface area contributed by atoms with E-state index in [2.05, 4.69) is 19.6 Å². The van der Waals surface area contributed by atoms with E-state index in [0.29, 0.717) is 18.1 Å². The normalized spacial score (nSPS) is 19.5.